The van der Waals surface area contributed by atoms with Crippen LogP contribution in [0.25, 0.3) is 0 Å². The number of likely N-dealkylation sites (N-methyl/N-ethyl adjacent to an activating group) is 1. The molecule has 0 radical (unpaired) electrons. The Balaban J connectivity index is 1.78. The third-order valence-electron chi connectivity index (χ3n) is 4.73. The fourth-order valence-electron chi connectivity index (χ4n) is 3.17. The maximum absolute atomic E-state index is 13.8. The Morgan fingerprint density at radius 2 is 1.58 bits per heavy atom. The van der Waals surface area contributed by atoms with Crippen molar-refractivity contribution in [2.75, 3.05) is 13.6 Å². The quantitative estimate of drug-likeness (QED) is 0.576. The fraction of sp³-hybridized carbons (Fsp3) is 0.174. The molecule has 5 nitrogen and oxygen atoms in total. The third-order valence-corrected chi connectivity index (χ3v) is 6.55. The lowest BCUT2D eigenvalue weighted by Crippen LogP contribution is -2.40. The zero-order valence-corrected chi connectivity index (χ0v) is 17.6. The second-order valence-electron chi connectivity index (χ2n) is 7.08. The zero-order chi connectivity index (χ0) is 22.4. The van der Waals surface area contributed by atoms with Gasteiger partial charge in [-0.05, 0) is 53.9 Å². The van der Waals surface area contributed by atoms with Gasteiger partial charge in [-0.15, -0.1) is 0 Å². The SMILES string of the molecule is CN(CC(=O)NC(Cc1cccc(F)c1)c1cccc(F)c1)S(=O)(=O)c1ccccc1. The van der Waals surface area contributed by atoms with Crippen molar-refractivity contribution in [3.05, 3.63) is 102 Å². The number of sulfonamides is 1. The van der Waals surface area contributed by atoms with Gasteiger partial charge in [-0.25, -0.2) is 17.2 Å². The number of carbonyl (C=O) groups excluding carboxylic acids is 1. The van der Waals surface area contributed by atoms with Gasteiger partial charge < -0.3 is 5.32 Å². The highest BCUT2D eigenvalue weighted by Gasteiger charge is 2.24. The van der Waals surface area contributed by atoms with Gasteiger partial charge in [0, 0.05) is 7.05 Å². The van der Waals surface area contributed by atoms with Crippen LogP contribution in [0, 0.1) is 11.6 Å². The van der Waals surface area contributed by atoms with Gasteiger partial charge in [0.25, 0.3) is 0 Å². The molecule has 3 aromatic carbocycles. The summed E-state index contributed by atoms with van der Waals surface area (Å²) in [7, 11) is -2.53. The average molecular weight is 445 g/mol. The summed E-state index contributed by atoms with van der Waals surface area (Å²) in [6.45, 7) is -0.424. The number of carbonyl (C=O) groups is 1. The molecule has 0 fully saturated rings. The first-order valence-electron chi connectivity index (χ1n) is 9.56. The summed E-state index contributed by atoms with van der Waals surface area (Å²) >= 11 is 0. The van der Waals surface area contributed by atoms with E-state index in [-0.39, 0.29) is 11.3 Å². The normalized spacial score (nSPS) is 12.5. The van der Waals surface area contributed by atoms with E-state index in [2.05, 4.69) is 5.32 Å². The van der Waals surface area contributed by atoms with Crippen LogP contribution in [0.4, 0.5) is 8.78 Å². The Hall–Kier alpha value is -3.10. The van der Waals surface area contributed by atoms with Gasteiger partial charge in [0.1, 0.15) is 11.6 Å². The van der Waals surface area contributed by atoms with Gasteiger partial charge in [-0.1, -0.05) is 42.5 Å². The van der Waals surface area contributed by atoms with E-state index in [1.165, 1.54) is 49.5 Å². The Bertz CT molecular complexity index is 1150. The number of benzene rings is 3. The molecule has 0 saturated carbocycles. The summed E-state index contributed by atoms with van der Waals surface area (Å²) in [4.78, 5) is 12.7. The van der Waals surface area contributed by atoms with E-state index in [4.69, 9.17) is 0 Å². The summed E-state index contributed by atoms with van der Waals surface area (Å²) in [5.41, 5.74) is 1.10. The molecule has 0 spiro atoms. The second-order valence-corrected chi connectivity index (χ2v) is 9.13. The molecule has 0 aromatic heterocycles. The summed E-state index contributed by atoms with van der Waals surface area (Å²) in [5, 5.41) is 2.75. The second kappa shape index (κ2) is 9.80. The van der Waals surface area contributed by atoms with Gasteiger partial charge in [0.2, 0.25) is 15.9 Å². The Morgan fingerprint density at radius 3 is 2.23 bits per heavy atom. The molecule has 0 saturated heterocycles. The highest BCUT2D eigenvalue weighted by Crippen LogP contribution is 2.21. The number of rotatable bonds is 8. The Morgan fingerprint density at radius 1 is 0.935 bits per heavy atom. The summed E-state index contributed by atoms with van der Waals surface area (Å²) in [6, 6.07) is 18.8. The van der Waals surface area contributed by atoms with Gasteiger partial charge >= 0.3 is 0 Å². The van der Waals surface area contributed by atoms with Crippen molar-refractivity contribution in [2.24, 2.45) is 0 Å². The summed E-state index contributed by atoms with van der Waals surface area (Å²) in [5.74, 6) is -1.46. The minimum absolute atomic E-state index is 0.0757. The van der Waals surface area contributed by atoms with Crippen molar-refractivity contribution < 1.29 is 22.0 Å². The molecule has 0 aliphatic heterocycles. The van der Waals surface area contributed by atoms with Crippen molar-refractivity contribution in [1.82, 2.24) is 9.62 Å². The molecule has 0 heterocycles. The molecule has 3 aromatic rings. The number of halogens is 2. The first kappa shape index (κ1) is 22.6. The van der Waals surface area contributed by atoms with Crippen molar-refractivity contribution in [3.63, 3.8) is 0 Å². The van der Waals surface area contributed by atoms with Crippen LogP contribution >= 0.6 is 0 Å². The lowest BCUT2D eigenvalue weighted by molar-refractivity contribution is -0.121. The highest BCUT2D eigenvalue weighted by molar-refractivity contribution is 7.89. The Labute approximate surface area is 180 Å². The van der Waals surface area contributed by atoms with Crippen LogP contribution in [0.1, 0.15) is 17.2 Å². The third kappa shape index (κ3) is 5.96. The Kier molecular flexibility index (Phi) is 7.14. The molecule has 162 valence electrons. The molecule has 0 bridgehead atoms. The summed E-state index contributed by atoms with van der Waals surface area (Å²) in [6.07, 6.45) is 0.210. The molecule has 1 atom stereocenters. The molecular weight excluding hydrogens is 422 g/mol. The first-order chi connectivity index (χ1) is 14.8. The minimum atomic E-state index is -3.84. The van der Waals surface area contributed by atoms with E-state index in [1.807, 2.05) is 0 Å². The monoisotopic (exact) mass is 444 g/mol. The molecule has 0 aliphatic carbocycles. The molecule has 8 heteroatoms. The molecule has 31 heavy (non-hydrogen) atoms. The lowest BCUT2D eigenvalue weighted by Gasteiger charge is -2.22. The van der Waals surface area contributed by atoms with Crippen LogP contribution in [0.3, 0.4) is 0 Å². The predicted molar refractivity (Wildman–Crippen MR) is 114 cm³/mol. The zero-order valence-electron chi connectivity index (χ0n) is 16.8. The van der Waals surface area contributed by atoms with Crippen molar-refractivity contribution in [1.29, 1.82) is 0 Å². The number of nitrogens with zero attached hydrogens (tertiary/aromatic N) is 1. The van der Waals surface area contributed by atoms with Crippen LogP contribution in [0.2, 0.25) is 0 Å². The minimum Gasteiger partial charge on any atom is -0.348 e. The van der Waals surface area contributed by atoms with Crippen LogP contribution < -0.4 is 5.32 Å². The van der Waals surface area contributed by atoms with E-state index in [0.717, 1.165) is 4.31 Å². The van der Waals surface area contributed by atoms with Gasteiger partial charge in [-0.2, -0.15) is 4.31 Å². The molecule has 1 amide bonds. The van der Waals surface area contributed by atoms with Gasteiger partial charge in [0.15, 0.2) is 0 Å². The van der Waals surface area contributed by atoms with E-state index >= 15 is 0 Å². The largest absolute Gasteiger partial charge is 0.348 e. The van der Waals surface area contributed by atoms with Crippen molar-refractivity contribution in [2.45, 2.75) is 17.4 Å². The smallest absolute Gasteiger partial charge is 0.243 e. The lowest BCUT2D eigenvalue weighted by atomic mass is 9.98. The number of hydrogen-bond acceptors (Lipinski definition) is 3. The van der Waals surface area contributed by atoms with Gasteiger partial charge in [0.05, 0.1) is 17.5 Å². The van der Waals surface area contributed by atoms with Crippen LogP contribution in [0.5, 0.6) is 0 Å². The summed E-state index contributed by atoms with van der Waals surface area (Å²) < 4.78 is 53.6. The average Bonchev–Trinajstić information content (AvgIpc) is 2.74. The molecule has 0 aliphatic rings. The molecule has 3 rings (SSSR count). The molecule has 1 unspecified atom stereocenters. The fourth-order valence-corrected chi connectivity index (χ4v) is 4.32. The highest BCUT2D eigenvalue weighted by atomic mass is 32.2. The number of amides is 1. The van der Waals surface area contributed by atoms with Crippen LogP contribution in [0.15, 0.2) is 83.8 Å². The van der Waals surface area contributed by atoms with Crippen molar-refractivity contribution >= 4 is 15.9 Å². The van der Waals surface area contributed by atoms with E-state index in [9.17, 15) is 22.0 Å². The van der Waals surface area contributed by atoms with Crippen LogP contribution in [-0.4, -0.2) is 32.2 Å². The maximum Gasteiger partial charge on any atom is 0.243 e. The van der Waals surface area contributed by atoms with E-state index < -0.39 is 40.2 Å². The van der Waals surface area contributed by atoms with Crippen LogP contribution in [-0.2, 0) is 21.2 Å². The van der Waals surface area contributed by atoms with Gasteiger partial charge in [-0.3, -0.25) is 4.79 Å². The number of hydrogen-bond donors (Lipinski definition) is 1. The van der Waals surface area contributed by atoms with Crippen molar-refractivity contribution in [3.8, 4) is 0 Å². The van der Waals surface area contributed by atoms with E-state index in [0.29, 0.717) is 11.1 Å². The first-order valence-corrected chi connectivity index (χ1v) is 11.0. The molecular formula is C23H22F2N2O3S. The van der Waals surface area contributed by atoms with E-state index in [1.54, 1.807) is 36.4 Å². The topological polar surface area (TPSA) is 66.5 Å². The number of nitrogens with one attached hydrogen (secondary N) is 1. The standard InChI is InChI=1S/C23H22F2N2O3S/c1-27(31(29,30)21-11-3-2-4-12-21)16-23(28)26-22(18-8-6-10-20(25)15-18)14-17-7-5-9-19(24)13-17/h2-13,15,22H,14,16H2,1H3,(H,26,28). The molecule has 1 N–H and O–H groups in total. The predicted octanol–water partition coefficient (Wildman–Crippen LogP) is 3.69. The maximum atomic E-state index is 13.8.